The van der Waals surface area contributed by atoms with Gasteiger partial charge in [0, 0.05) is 31.8 Å². The van der Waals surface area contributed by atoms with E-state index in [9.17, 15) is 18.5 Å². The Hall–Kier alpha value is -2.29. The molecule has 0 saturated heterocycles. The van der Waals surface area contributed by atoms with Crippen molar-refractivity contribution in [3.63, 3.8) is 0 Å². The molecule has 25 heavy (non-hydrogen) atoms. The van der Waals surface area contributed by atoms with Crippen LogP contribution < -0.4 is 10.0 Å². The summed E-state index contributed by atoms with van der Waals surface area (Å²) in [5, 5.41) is 13.9. The van der Waals surface area contributed by atoms with Crippen LogP contribution in [0.25, 0.3) is 0 Å². The van der Waals surface area contributed by atoms with E-state index in [0.29, 0.717) is 13.1 Å². The summed E-state index contributed by atoms with van der Waals surface area (Å²) in [4.78, 5) is 10.0. The Labute approximate surface area is 147 Å². The van der Waals surface area contributed by atoms with Crippen LogP contribution in [0, 0.1) is 24.0 Å². The first kappa shape index (κ1) is 19.0. The summed E-state index contributed by atoms with van der Waals surface area (Å²) in [5.41, 5.74) is 3.34. The minimum Gasteiger partial charge on any atom is -0.311 e. The lowest BCUT2D eigenvalue weighted by Gasteiger charge is -2.11. The number of benzene rings is 2. The number of hydrogen-bond acceptors (Lipinski definition) is 5. The third-order valence-corrected chi connectivity index (χ3v) is 5.42. The van der Waals surface area contributed by atoms with E-state index in [1.165, 1.54) is 34.9 Å². The molecular formula is C17H21N3O4S. The van der Waals surface area contributed by atoms with Gasteiger partial charge in [-0.1, -0.05) is 24.3 Å². The first-order valence-corrected chi connectivity index (χ1v) is 9.29. The maximum absolute atomic E-state index is 12.2. The zero-order chi connectivity index (χ0) is 18.4. The molecule has 0 saturated carbocycles. The second-order valence-corrected chi connectivity index (χ2v) is 7.46. The molecule has 0 atom stereocenters. The van der Waals surface area contributed by atoms with Gasteiger partial charge in [0.25, 0.3) is 5.69 Å². The third-order valence-electron chi connectivity index (χ3n) is 3.96. The van der Waals surface area contributed by atoms with Gasteiger partial charge in [-0.25, -0.2) is 13.1 Å². The first-order valence-electron chi connectivity index (χ1n) is 7.81. The fourth-order valence-corrected chi connectivity index (χ4v) is 3.42. The lowest BCUT2D eigenvalue weighted by Crippen LogP contribution is -2.31. The van der Waals surface area contributed by atoms with Gasteiger partial charge in [0.05, 0.1) is 9.82 Å². The number of rotatable bonds is 8. The number of nitro benzene ring substituents is 1. The summed E-state index contributed by atoms with van der Waals surface area (Å²) < 4.78 is 26.8. The van der Waals surface area contributed by atoms with Gasteiger partial charge in [-0.15, -0.1) is 0 Å². The van der Waals surface area contributed by atoms with E-state index in [4.69, 9.17) is 0 Å². The highest BCUT2D eigenvalue weighted by molar-refractivity contribution is 7.89. The molecule has 0 heterocycles. The minimum atomic E-state index is -3.77. The highest BCUT2D eigenvalue weighted by Gasteiger charge is 2.16. The molecule has 7 nitrogen and oxygen atoms in total. The SMILES string of the molecule is Cc1cccc(CNCCNS(=O)(=O)c2cccc([N+](=O)[O-])c2)c1C. The van der Waals surface area contributed by atoms with Gasteiger partial charge in [0.15, 0.2) is 0 Å². The summed E-state index contributed by atoms with van der Waals surface area (Å²) in [6.45, 7) is 5.38. The predicted octanol–water partition coefficient (Wildman–Crippen LogP) is 2.28. The molecule has 2 N–H and O–H groups in total. The van der Waals surface area contributed by atoms with Crippen molar-refractivity contribution in [2.75, 3.05) is 13.1 Å². The van der Waals surface area contributed by atoms with Crippen molar-refractivity contribution in [2.24, 2.45) is 0 Å². The fourth-order valence-electron chi connectivity index (χ4n) is 2.35. The van der Waals surface area contributed by atoms with Crippen molar-refractivity contribution in [3.05, 3.63) is 69.3 Å². The number of non-ortho nitro benzene ring substituents is 1. The standard InChI is InChI=1S/C17H21N3O4S/c1-13-5-3-6-15(14(13)2)12-18-9-10-19-25(23,24)17-8-4-7-16(11-17)20(21)22/h3-8,11,18-19H,9-10,12H2,1-2H3. The van der Waals surface area contributed by atoms with Crippen molar-refractivity contribution < 1.29 is 13.3 Å². The number of nitrogens with zero attached hydrogens (tertiary/aromatic N) is 1. The molecule has 0 bridgehead atoms. The summed E-state index contributed by atoms with van der Waals surface area (Å²) >= 11 is 0. The van der Waals surface area contributed by atoms with Crippen LogP contribution in [0.3, 0.4) is 0 Å². The molecule has 134 valence electrons. The van der Waals surface area contributed by atoms with Crippen LogP contribution in [0.15, 0.2) is 47.4 Å². The van der Waals surface area contributed by atoms with E-state index in [-0.39, 0.29) is 17.1 Å². The largest absolute Gasteiger partial charge is 0.311 e. The molecular weight excluding hydrogens is 342 g/mol. The van der Waals surface area contributed by atoms with E-state index >= 15 is 0 Å². The van der Waals surface area contributed by atoms with Gasteiger partial charge in [0.1, 0.15) is 0 Å². The predicted molar refractivity (Wildman–Crippen MR) is 95.9 cm³/mol. The molecule has 0 aliphatic carbocycles. The summed E-state index contributed by atoms with van der Waals surface area (Å²) in [5.74, 6) is 0. The van der Waals surface area contributed by atoms with E-state index < -0.39 is 14.9 Å². The van der Waals surface area contributed by atoms with E-state index in [1.54, 1.807) is 0 Å². The van der Waals surface area contributed by atoms with Crippen LogP contribution in [-0.4, -0.2) is 26.4 Å². The maximum Gasteiger partial charge on any atom is 0.270 e. The van der Waals surface area contributed by atoms with E-state index in [0.717, 1.165) is 6.07 Å². The summed E-state index contributed by atoms with van der Waals surface area (Å²) in [6.07, 6.45) is 0. The van der Waals surface area contributed by atoms with Crippen LogP contribution >= 0.6 is 0 Å². The fraction of sp³-hybridized carbons (Fsp3) is 0.294. The Balaban J connectivity index is 1.87. The Kier molecular flexibility index (Phi) is 6.24. The number of aryl methyl sites for hydroxylation is 1. The van der Waals surface area contributed by atoms with Crippen LogP contribution in [0.4, 0.5) is 5.69 Å². The van der Waals surface area contributed by atoms with Gasteiger partial charge < -0.3 is 5.32 Å². The lowest BCUT2D eigenvalue weighted by molar-refractivity contribution is -0.385. The Morgan fingerprint density at radius 2 is 1.80 bits per heavy atom. The molecule has 8 heteroatoms. The van der Waals surface area contributed by atoms with Crippen molar-refractivity contribution in [1.29, 1.82) is 0 Å². The molecule has 0 radical (unpaired) electrons. The molecule has 0 amide bonds. The molecule has 0 aliphatic heterocycles. The Bertz CT molecular complexity index is 866. The smallest absolute Gasteiger partial charge is 0.270 e. The zero-order valence-electron chi connectivity index (χ0n) is 14.2. The Morgan fingerprint density at radius 3 is 2.52 bits per heavy atom. The highest BCUT2D eigenvalue weighted by atomic mass is 32.2. The Morgan fingerprint density at radius 1 is 1.08 bits per heavy atom. The second-order valence-electron chi connectivity index (χ2n) is 5.69. The number of hydrogen-bond donors (Lipinski definition) is 2. The minimum absolute atomic E-state index is 0.115. The highest BCUT2D eigenvalue weighted by Crippen LogP contribution is 2.17. The molecule has 2 aromatic rings. The van der Waals surface area contributed by atoms with Gasteiger partial charge in [-0.05, 0) is 36.6 Å². The van der Waals surface area contributed by atoms with E-state index in [2.05, 4.69) is 17.0 Å². The first-order chi connectivity index (χ1) is 11.8. The normalized spacial score (nSPS) is 11.4. The number of nitro groups is 1. The van der Waals surface area contributed by atoms with Crippen LogP contribution in [0.1, 0.15) is 16.7 Å². The van der Waals surface area contributed by atoms with Crippen LogP contribution in [0.2, 0.25) is 0 Å². The van der Waals surface area contributed by atoms with Crippen molar-refractivity contribution in [2.45, 2.75) is 25.3 Å². The molecule has 0 aliphatic rings. The van der Waals surface area contributed by atoms with Crippen LogP contribution in [0.5, 0.6) is 0 Å². The zero-order valence-corrected chi connectivity index (χ0v) is 15.0. The monoisotopic (exact) mass is 363 g/mol. The summed E-state index contributed by atoms with van der Waals surface area (Å²) in [7, 11) is -3.77. The number of nitrogens with one attached hydrogen (secondary N) is 2. The lowest BCUT2D eigenvalue weighted by atomic mass is 10.0. The van der Waals surface area contributed by atoms with Crippen molar-refractivity contribution >= 4 is 15.7 Å². The third kappa shape index (κ3) is 5.09. The molecule has 0 fully saturated rings. The van der Waals surface area contributed by atoms with Gasteiger partial charge >= 0.3 is 0 Å². The molecule has 2 aromatic carbocycles. The van der Waals surface area contributed by atoms with Crippen LogP contribution in [-0.2, 0) is 16.6 Å². The van der Waals surface area contributed by atoms with Gasteiger partial charge in [-0.3, -0.25) is 10.1 Å². The van der Waals surface area contributed by atoms with Gasteiger partial charge in [0.2, 0.25) is 10.0 Å². The second kappa shape index (κ2) is 8.19. The maximum atomic E-state index is 12.2. The molecule has 0 aromatic heterocycles. The molecule has 2 rings (SSSR count). The number of sulfonamides is 1. The average molecular weight is 363 g/mol. The quantitative estimate of drug-likeness (QED) is 0.426. The van der Waals surface area contributed by atoms with E-state index in [1.807, 2.05) is 25.1 Å². The topological polar surface area (TPSA) is 101 Å². The van der Waals surface area contributed by atoms with Crippen molar-refractivity contribution in [1.82, 2.24) is 10.0 Å². The average Bonchev–Trinajstić information content (AvgIpc) is 2.58. The summed E-state index contributed by atoms with van der Waals surface area (Å²) in [6, 6.07) is 11.1. The molecule has 0 spiro atoms. The van der Waals surface area contributed by atoms with Gasteiger partial charge in [-0.2, -0.15) is 0 Å². The van der Waals surface area contributed by atoms with Crippen molar-refractivity contribution in [3.8, 4) is 0 Å². The molecule has 0 unspecified atom stereocenters.